The Bertz CT molecular complexity index is 1750. The maximum absolute atomic E-state index is 6.35. The third kappa shape index (κ3) is 11.4. The van der Waals surface area contributed by atoms with E-state index in [0.717, 1.165) is 51.7 Å². The van der Waals surface area contributed by atoms with E-state index < -0.39 is 0 Å². The van der Waals surface area contributed by atoms with Crippen molar-refractivity contribution in [3.8, 4) is 17.0 Å². The fourth-order valence-corrected chi connectivity index (χ4v) is 6.35. The first-order valence-corrected chi connectivity index (χ1v) is 17.8. The minimum Gasteiger partial charge on any atom is -0.671 e. The normalized spacial score (nSPS) is 11.1. The monoisotopic (exact) mass is 874 g/mol. The first-order valence-electron chi connectivity index (χ1n) is 17.8. The molecule has 0 aliphatic heterocycles. The molecule has 0 spiro atoms. The van der Waals surface area contributed by atoms with E-state index in [4.69, 9.17) is 19.5 Å². The molecule has 0 bridgehead atoms. The molecule has 2 heterocycles. The average molecular weight is 873 g/mol. The zero-order valence-electron chi connectivity index (χ0n) is 34.6. The molecule has 0 N–H and O–H groups in total. The van der Waals surface area contributed by atoms with Crippen LogP contribution < -0.4 is 4.74 Å². The molecule has 0 radical (unpaired) electrons. The Kier molecular flexibility index (Phi) is 20.5. The molecule has 3 aromatic carbocycles. The van der Waals surface area contributed by atoms with E-state index in [1.54, 1.807) is 49.4 Å². The van der Waals surface area contributed by atoms with Crippen LogP contribution in [0.25, 0.3) is 43.5 Å². The zero-order chi connectivity index (χ0) is 38.4. The molecule has 2 aromatic heterocycles. The van der Waals surface area contributed by atoms with Gasteiger partial charge in [-0.2, -0.15) is 42.3 Å². The molecule has 52 heavy (non-hydrogen) atoms. The second-order valence-corrected chi connectivity index (χ2v) is 13.5. The van der Waals surface area contributed by atoms with Crippen LogP contribution in [0.15, 0.2) is 59.1 Å². The number of furan rings is 1. The van der Waals surface area contributed by atoms with Gasteiger partial charge >= 0.3 is 0 Å². The maximum atomic E-state index is 6.35. The topological polar surface area (TPSA) is 96.6 Å². The summed E-state index contributed by atoms with van der Waals surface area (Å²) in [6.45, 7) is 17.7. The van der Waals surface area contributed by atoms with Gasteiger partial charge in [-0.3, -0.25) is 0 Å². The number of rotatable bonds is 9. The summed E-state index contributed by atoms with van der Waals surface area (Å²) in [7, 11) is 14.3. The summed E-state index contributed by atoms with van der Waals surface area (Å²) in [5, 5.41) is 17.2. The smallest absolute Gasteiger partial charge is 0.176 e. The third-order valence-corrected chi connectivity index (χ3v) is 8.32. The van der Waals surface area contributed by atoms with Crippen molar-refractivity contribution >= 4 is 16.7 Å². The third-order valence-electron chi connectivity index (χ3n) is 8.32. The van der Waals surface area contributed by atoms with E-state index in [2.05, 4.69) is 126 Å². The van der Waals surface area contributed by atoms with Gasteiger partial charge in [0.05, 0.1) is 24.2 Å². The summed E-state index contributed by atoms with van der Waals surface area (Å²) < 4.78 is 14.1. The van der Waals surface area contributed by atoms with Gasteiger partial charge in [-0.15, -0.1) is 5.69 Å². The second kappa shape index (κ2) is 22.7. The predicted octanol–water partition coefficient (Wildman–Crippen LogP) is 12.2. The number of aryl methyl sites for hydroxylation is 5. The quantitative estimate of drug-likeness (QED) is 0.138. The number of methoxy groups -OCH3 is 1. The van der Waals surface area contributed by atoms with Gasteiger partial charge in [0.1, 0.15) is 5.76 Å². The first-order chi connectivity index (χ1) is 24.3. The number of aromatic nitrogens is 2. The summed E-state index contributed by atoms with van der Waals surface area (Å²) >= 11 is 0. The molecule has 5 aromatic rings. The minimum atomic E-state index is -0.278. The molecule has 0 saturated heterocycles. The van der Waals surface area contributed by atoms with Gasteiger partial charge < -0.3 is 35.0 Å². The van der Waals surface area contributed by atoms with E-state index in [9.17, 15) is 0 Å². The maximum Gasteiger partial charge on any atom is 0.176 e. The molecular weight excluding hydrogens is 811 g/mol. The second-order valence-electron chi connectivity index (χ2n) is 13.5. The standard InChI is InChI=1S/C37H44N3O2.3C2H6N.Hf/c1-11-30-33(28-16-13-17-31(41-10)36(28)42-30)29-20-40(9)37(38-29)35(32-24(7)18-23(6)19-25(32)8)39-34-26(21(2)3)14-12-15-27(34)22(4)5;3*1-3-2;/h12-22,35H,11H2,1-10H3;3*1-2H3;/q4*-1;. The van der Waals surface area contributed by atoms with Crippen LogP contribution in [0.3, 0.4) is 0 Å². The van der Waals surface area contributed by atoms with Crippen LogP contribution in [0.4, 0.5) is 5.69 Å². The first kappa shape index (κ1) is 46.8. The van der Waals surface area contributed by atoms with E-state index in [1.807, 2.05) is 12.1 Å². The van der Waals surface area contributed by atoms with Gasteiger partial charge in [0.2, 0.25) is 0 Å². The summed E-state index contributed by atoms with van der Waals surface area (Å²) in [6, 6.07) is 16.9. The molecular formula is C43H62HfN6O2-4. The molecule has 0 aliphatic carbocycles. The van der Waals surface area contributed by atoms with Crippen LogP contribution in [0.1, 0.15) is 97.5 Å². The zero-order valence-corrected chi connectivity index (χ0v) is 38.2. The van der Waals surface area contributed by atoms with Gasteiger partial charge in [-0.05, 0) is 61.4 Å². The van der Waals surface area contributed by atoms with Crippen molar-refractivity contribution in [1.82, 2.24) is 9.55 Å². The number of nitrogens with zero attached hydrogens (tertiary/aromatic N) is 6. The van der Waals surface area contributed by atoms with Gasteiger partial charge in [0.25, 0.3) is 0 Å². The molecule has 9 heteroatoms. The van der Waals surface area contributed by atoms with Crippen LogP contribution in [0, 0.1) is 20.8 Å². The van der Waals surface area contributed by atoms with Crippen molar-refractivity contribution in [3.05, 3.63) is 121 Å². The molecule has 0 fully saturated rings. The molecule has 0 amide bonds. The molecule has 8 nitrogen and oxygen atoms in total. The van der Waals surface area contributed by atoms with E-state index in [0.29, 0.717) is 11.8 Å². The molecule has 0 aliphatic rings. The average Bonchev–Trinajstić information content (AvgIpc) is 3.64. The van der Waals surface area contributed by atoms with Gasteiger partial charge in [0.15, 0.2) is 11.3 Å². The number of fused-ring (bicyclic) bond motifs is 1. The number of ether oxygens (including phenoxy) is 1. The molecule has 284 valence electrons. The molecule has 0 saturated carbocycles. The summed E-state index contributed by atoms with van der Waals surface area (Å²) in [6.07, 6.45) is 2.87. The number of benzene rings is 3. The summed E-state index contributed by atoms with van der Waals surface area (Å²) in [5.74, 6) is 3.24. The van der Waals surface area contributed by atoms with Crippen LogP contribution >= 0.6 is 0 Å². The Hall–Kier alpha value is -3.24. The Morgan fingerprint density at radius 2 is 1.31 bits per heavy atom. The van der Waals surface area contributed by atoms with Crippen molar-refractivity contribution in [3.63, 3.8) is 0 Å². The van der Waals surface area contributed by atoms with Crippen molar-refractivity contribution in [2.75, 3.05) is 49.4 Å². The van der Waals surface area contributed by atoms with Gasteiger partial charge in [-0.25, -0.2) is 4.98 Å². The number of imidazole rings is 1. The van der Waals surface area contributed by atoms with Gasteiger partial charge in [0, 0.05) is 50.9 Å². The van der Waals surface area contributed by atoms with Crippen molar-refractivity contribution in [2.45, 2.75) is 79.7 Å². The van der Waals surface area contributed by atoms with Crippen molar-refractivity contribution in [1.29, 1.82) is 0 Å². The fraction of sp³-hybridized carbons (Fsp3) is 0.465. The Morgan fingerprint density at radius 1 is 0.808 bits per heavy atom. The SMILES string of the molecule is CCc1oc2c(OC)cccc2c1-c1cn(C)c(C([N-]c2c(C(C)C)cccc2C(C)C)c2c(C)cc(C)cc2C)n1.C[N-]C.C[N-]C.C[N-]C.[Hf]. The Labute approximate surface area is 333 Å². The largest absolute Gasteiger partial charge is 0.671 e. The number of para-hydroxylation sites is 2. The van der Waals surface area contributed by atoms with Crippen molar-refractivity contribution < 1.29 is 35.0 Å². The van der Waals surface area contributed by atoms with E-state index in [-0.39, 0.29) is 31.9 Å². The summed E-state index contributed by atoms with van der Waals surface area (Å²) in [4.78, 5) is 5.36. The van der Waals surface area contributed by atoms with Crippen LogP contribution in [0.5, 0.6) is 5.75 Å². The van der Waals surface area contributed by atoms with Gasteiger partial charge in [-0.1, -0.05) is 93.8 Å². The Balaban J connectivity index is 0.00000123. The molecule has 1 atom stereocenters. The predicted molar refractivity (Wildman–Crippen MR) is 220 cm³/mol. The van der Waals surface area contributed by atoms with E-state index >= 15 is 0 Å². The molecule has 5 rings (SSSR count). The van der Waals surface area contributed by atoms with Crippen molar-refractivity contribution in [2.24, 2.45) is 7.05 Å². The fourth-order valence-electron chi connectivity index (χ4n) is 6.35. The van der Waals surface area contributed by atoms with E-state index in [1.165, 1.54) is 33.4 Å². The van der Waals surface area contributed by atoms with Crippen LogP contribution in [0.2, 0.25) is 0 Å². The number of hydrogen-bond acceptors (Lipinski definition) is 3. The Morgan fingerprint density at radius 3 is 1.77 bits per heavy atom. The minimum absolute atomic E-state index is 0. The number of hydrogen-bond donors (Lipinski definition) is 0. The molecule has 1 unspecified atom stereocenters. The van der Waals surface area contributed by atoms with Crippen LogP contribution in [-0.4, -0.2) is 58.9 Å². The summed E-state index contributed by atoms with van der Waals surface area (Å²) in [5.41, 5.74) is 11.2. The van der Waals surface area contributed by atoms with Crippen LogP contribution in [-0.2, 0) is 39.3 Å².